The third-order valence-electron chi connectivity index (χ3n) is 6.40. The van der Waals surface area contributed by atoms with E-state index in [9.17, 15) is 8.42 Å². The van der Waals surface area contributed by atoms with Gasteiger partial charge >= 0.3 is 0 Å². The predicted octanol–water partition coefficient (Wildman–Crippen LogP) is 4.33. The second-order valence-electron chi connectivity index (χ2n) is 9.07. The molecule has 1 N–H and O–H groups in total. The van der Waals surface area contributed by atoms with Crippen LogP contribution in [-0.4, -0.2) is 76.2 Å². The van der Waals surface area contributed by atoms with Crippen molar-refractivity contribution in [2.45, 2.75) is 13.8 Å². The van der Waals surface area contributed by atoms with Crippen LogP contribution in [0.3, 0.4) is 0 Å². The summed E-state index contributed by atoms with van der Waals surface area (Å²) in [6.45, 7) is 5.89. The molecule has 0 amide bonds. The van der Waals surface area contributed by atoms with Crippen molar-refractivity contribution in [2.24, 2.45) is 0 Å². The number of ether oxygens (including phenoxy) is 1. The third kappa shape index (κ3) is 5.74. The Bertz CT molecular complexity index is 1630. The monoisotopic (exact) mass is 565 g/mol. The molecule has 1 saturated heterocycles. The van der Waals surface area contributed by atoms with Crippen LogP contribution >= 0.6 is 11.3 Å². The molecule has 3 aromatic heterocycles. The molecule has 0 radical (unpaired) electrons. The normalized spacial score (nSPS) is 16.4. The van der Waals surface area contributed by atoms with Gasteiger partial charge in [-0.1, -0.05) is 35.9 Å². The minimum absolute atomic E-state index is 0.320. The molecule has 39 heavy (non-hydrogen) atoms. The molecule has 0 aliphatic carbocycles. The molecule has 4 heterocycles. The summed E-state index contributed by atoms with van der Waals surface area (Å²) >= 11 is 1.55. The molecule has 0 spiro atoms. The molecule has 0 unspecified atom stereocenters. The molecule has 12 heteroatoms. The highest BCUT2D eigenvalue weighted by Crippen LogP contribution is 2.34. The highest BCUT2D eigenvalue weighted by Gasteiger charge is 2.35. The topological polar surface area (TPSA) is 105 Å². The van der Waals surface area contributed by atoms with Gasteiger partial charge in [-0.15, -0.1) is 11.3 Å². The van der Waals surface area contributed by atoms with E-state index in [0.29, 0.717) is 44.4 Å². The maximum absolute atomic E-state index is 13.0. The first-order valence-corrected chi connectivity index (χ1v) is 14.9. The zero-order valence-corrected chi connectivity index (χ0v) is 23.7. The summed E-state index contributed by atoms with van der Waals surface area (Å²) < 4.78 is 36.5. The SMILES string of the molecule is C/C=C\C=C(/C)CN1CCN(CCNc2nccc(-c3c(-c4cccc(OC)c4)nc4sccn34)n2)S1(=O)=O. The predicted molar refractivity (Wildman–Crippen MR) is 155 cm³/mol. The van der Waals surface area contributed by atoms with Crippen molar-refractivity contribution in [3.63, 3.8) is 0 Å². The Morgan fingerprint density at radius 3 is 2.87 bits per heavy atom. The smallest absolute Gasteiger partial charge is 0.282 e. The molecule has 204 valence electrons. The van der Waals surface area contributed by atoms with Gasteiger partial charge in [-0.3, -0.25) is 4.40 Å². The van der Waals surface area contributed by atoms with E-state index in [1.807, 2.05) is 78.4 Å². The fourth-order valence-electron chi connectivity index (χ4n) is 4.47. The largest absolute Gasteiger partial charge is 0.497 e. The van der Waals surface area contributed by atoms with Crippen LogP contribution in [0.25, 0.3) is 27.6 Å². The molecular formula is C27H31N7O3S2. The van der Waals surface area contributed by atoms with E-state index in [1.165, 1.54) is 8.61 Å². The summed E-state index contributed by atoms with van der Waals surface area (Å²) in [5, 5.41) is 5.19. The van der Waals surface area contributed by atoms with Crippen molar-refractivity contribution in [2.75, 3.05) is 45.2 Å². The van der Waals surface area contributed by atoms with Gasteiger partial charge in [0.1, 0.15) is 11.4 Å². The van der Waals surface area contributed by atoms with Crippen LogP contribution in [0.5, 0.6) is 5.75 Å². The lowest BCUT2D eigenvalue weighted by Gasteiger charge is -2.19. The number of methoxy groups -OCH3 is 1. The highest BCUT2D eigenvalue weighted by atomic mass is 32.2. The Labute approximate surface area is 232 Å². The maximum atomic E-state index is 13.0. The van der Waals surface area contributed by atoms with Crippen molar-refractivity contribution < 1.29 is 13.2 Å². The van der Waals surface area contributed by atoms with E-state index in [-0.39, 0.29) is 0 Å². The van der Waals surface area contributed by atoms with E-state index < -0.39 is 10.2 Å². The van der Waals surface area contributed by atoms with Crippen molar-refractivity contribution in [3.05, 3.63) is 71.9 Å². The number of fused-ring (bicyclic) bond motifs is 1. The number of nitrogens with one attached hydrogen (secondary N) is 1. The van der Waals surface area contributed by atoms with Gasteiger partial charge in [0, 0.05) is 56.1 Å². The lowest BCUT2D eigenvalue weighted by Crippen LogP contribution is -2.36. The van der Waals surface area contributed by atoms with E-state index in [0.717, 1.165) is 33.2 Å². The maximum Gasteiger partial charge on any atom is 0.282 e. The summed E-state index contributed by atoms with van der Waals surface area (Å²) in [5.41, 5.74) is 4.28. The Balaban J connectivity index is 1.31. The van der Waals surface area contributed by atoms with Crippen LogP contribution in [0.1, 0.15) is 13.8 Å². The average molecular weight is 566 g/mol. The molecule has 5 rings (SSSR count). The van der Waals surface area contributed by atoms with Crippen LogP contribution in [0.15, 0.2) is 71.9 Å². The number of hydrogen-bond acceptors (Lipinski definition) is 8. The number of thiazole rings is 1. The molecule has 1 aliphatic heterocycles. The Kier molecular flexibility index (Phi) is 8.07. The van der Waals surface area contributed by atoms with Gasteiger partial charge in [-0.2, -0.15) is 17.0 Å². The second-order valence-corrected chi connectivity index (χ2v) is 11.9. The van der Waals surface area contributed by atoms with Crippen molar-refractivity contribution in [1.82, 2.24) is 28.0 Å². The van der Waals surface area contributed by atoms with Gasteiger partial charge in [0.15, 0.2) is 4.96 Å². The summed E-state index contributed by atoms with van der Waals surface area (Å²) in [6.07, 6.45) is 9.45. The van der Waals surface area contributed by atoms with Crippen LogP contribution in [0.2, 0.25) is 0 Å². The number of rotatable bonds is 10. The molecule has 1 fully saturated rings. The zero-order valence-electron chi connectivity index (χ0n) is 22.1. The summed E-state index contributed by atoms with van der Waals surface area (Å²) in [5.74, 6) is 1.17. The molecule has 4 aromatic rings. The fourth-order valence-corrected chi connectivity index (χ4v) is 6.82. The first-order valence-electron chi connectivity index (χ1n) is 12.6. The number of hydrogen-bond donors (Lipinski definition) is 1. The molecule has 1 aromatic carbocycles. The molecule has 0 saturated carbocycles. The third-order valence-corrected chi connectivity index (χ3v) is 9.14. The standard InChI is InChI=1S/C27H31N7O3S2/c1-4-5-7-20(2)19-33-15-14-32(39(33,35)36)13-12-29-26-28-11-10-23(30-26)25-24(31-27-34(25)16-17-38-27)21-8-6-9-22(18-21)37-3/h4-11,16-18H,12-15,19H2,1-3H3,(H,28,29,30)/b5-4-,20-7+. The van der Waals surface area contributed by atoms with Gasteiger partial charge in [-0.25, -0.2) is 15.0 Å². The van der Waals surface area contributed by atoms with Crippen molar-refractivity contribution in [3.8, 4) is 28.4 Å². The van der Waals surface area contributed by atoms with Crippen LogP contribution in [-0.2, 0) is 10.2 Å². The van der Waals surface area contributed by atoms with Gasteiger partial charge in [0.05, 0.1) is 18.5 Å². The first kappa shape index (κ1) is 27.0. The van der Waals surface area contributed by atoms with Gasteiger partial charge in [-0.05, 0) is 32.0 Å². The van der Waals surface area contributed by atoms with Gasteiger partial charge < -0.3 is 10.1 Å². The van der Waals surface area contributed by atoms with Crippen molar-refractivity contribution in [1.29, 1.82) is 0 Å². The second kappa shape index (κ2) is 11.7. The minimum atomic E-state index is -3.51. The Morgan fingerprint density at radius 1 is 1.21 bits per heavy atom. The number of imidazole rings is 1. The van der Waals surface area contributed by atoms with E-state index in [2.05, 4.69) is 10.3 Å². The lowest BCUT2D eigenvalue weighted by molar-refractivity contribution is 0.415. The summed E-state index contributed by atoms with van der Waals surface area (Å²) in [4.78, 5) is 14.8. The summed E-state index contributed by atoms with van der Waals surface area (Å²) in [7, 11) is -1.86. The highest BCUT2D eigenvalue weighted by molar-refractivity contribution is 7.87. The number of nitrogens with zero attached hydrogens (tertiary/aromatic N) is 6. The fraction of sp³-hybridized carbons (Fsp3) is 0.296. The average Bonchev–Trinajstić information content (AvgIpc) is 3.61. The number of aromatic nitrogens is 4. The van der Waals surface area contributed by atoms with Crippen LogP contribution < -0.4 is 10.1 Å². The lowest BCUT2D eigenvalue weighted by atomic mass is 10.1. The molecular weight excluding hydrogens is 534 g/mol. The van der Waals surface area contributed by atoms with Gasteiger partial charge in [0.2, 0.25) is 5.95 Å². The van der Waals surface area contributed by atoms with Crippen LogP contribution in [0, 0.1) is 0 Å². The number of benzene rings is 1. The van der Waals surface area contributed by atoms with E-state index >= 15 is 0 Å². The number of allylic oxidation sites excluding steroid dienone is 3. The Morgan fingerprint density at radius 2 is 2.05 bits per heavy atom. The Hall–Kier alpha value is -3.58. The minimum Gasteiger partial charge on any atom is -0.497 e. The zero-order chi connectivity index (χ0) is 27.4. The number of anilines is 1. The van der Waals surface area contributed by atoms with Gasteiger partial charge in [0.25, 0.3) is 10.2 Å². The van der Waals surface area contributed by atoms with Crippen LogP contribution in [0.4, 0.5) is 5.95 Å². The van der Waals surface area contributed by atoms with Crippen molar-refractivity contribution >= 4 is 32.5 Å². The molecule has 0 bridgehead atoms. The molecule has 10 nitrogen and oxygen atoms in total. The summed E-state index contributed by atoms with van der Waals surface area (Å²) in [6, 6.07) is 9.63. The van der Waals surface area contributed by atoms with E-state index in [4.69, 9.17) is 14.7 Å². The quantitative estimate of drug-likeness (QED) is 0.286. The first-order chi connectivity index (χ1) is 18.9. The van der Waals surface area contributed by atoms with E-state index in [1.54, 1.807) is 24.6 Å². The molecule has 1 aliphatic rings. The molecule has 0 atom stereocenters.